The number of nitrogens with one attached hydrogen (secondary N) is 2. The molecule has 2 heterocycles. The van der Waals surface area contributed by atoms with Crippen molar-refractivity contribution in [2.75, 3.05) is 24.1 Å². The van der Waals surface area contributed by atoms with E-state index in [0.717, 1.165) is 25.9 Å². The Labute approximate surface area is 184 Å². The first kappa shape index (κ1) is 21.7. The fourth-order valence-electron chi connectivity index (χ4n) is 4.74. The van der Waals surface area contributed by atoms with Gasteiger partial charge in [0, 0.05) is 30.4 Å². The molecule has 1 saturated heterocycles. The third-order valence-electron chi connectivity index (χ3n) is 6.48. The van der Waals surface area contributed by atoms with Gasteiger partial charge >= 0.3 is 0 Å². The number of hydrogen-bond donors (Lipinski definition) is 4. The van der Waals surface area contributed by atoms with Gasteiger partial charge in [0.25, 0.3) is 5.91 Å². The molecule has 0 spiro atoms. The number of para-hydroxylation sites is 2. The van der Waals surface area contributed by atoms with Crippen molar-refractivity contribution in [1.82, 2.24) is 15.2 Å². The quantitative estimate of drug-likeness (QED) is 0.420. The zero-order valence-corrected chi connectivity index (χ0v) is 18.0. The van der Waals surface area contributed by atoms with Crippen LogP contribution in [0.3, 0.4) is 0 Å². The van der Waals surface area contributed by atoms with Crippen LogP contribution in [0.1, 0.15) is 67.2 Å². The molecule has 0 bridgehead atoms. The lowest BCUT2D eigenvalue weighted by molar-refractivity contribution is 0.0687. The monoisotopic (exact) mass is 423 g/mol. The summed E-state index contributed by atoms with van der Waals surface area (Å²) in [5.41, 5.74) is 7.87. The first-order valence-electron chi connectivity index (χ1n) is 11.4. The number of anilines is 2. The van der Waals surface area contributed by atoms with Crippen LogP contribution < -0.4 is 16.4 Å². The summed E-state index contributed by atoms with van der Waals surface area (Å²) in [5, 5.41) is 16.8. The number of amides is 1. The lowest BCUT2D eigenvalue weighted by atomic mass is 9.92. The lowest BCUT2D eigenvalue weighted by Crippen LogP contribution is -2.50. The van der Waals surface area contributed by atoms with E-state index in [-0.39, 0.29) is 17.6 Å². The van der Waals surface area contributed by atoms with E-state index in [4.69, 9.17) is 5.73 Å². The fourth-order valence-corrected chi connectivity index (χ4v) is 4.74. The molecule has 2 unspecified atom stereocenters. The molecule has 2 atom stereocenters. The summed E-state index contributed by atoms with van der Waals surface area (Å²) < 4.78 is 0. The van der Waals surface area contributed by atoms with Gasteiger partial charge in [-0.05, 0) is 50.4 Å². The standard InChI is InChI=1S/C24H33N5O2/c25-20-10-4-5-11-21(20)28-24(31)22-13-12-17(15-26-22)23(30)27-18-7-6-14-29(16-18)19-8-2-1-3-9-19/h4-5,10-13,15,18-19,23,27,30H,1-3,6-9,14,16,25H2,(H,28,31). The van der Waals surface area contributed by atoms with Crippen molar-refractivity contribution in [2.24, 2.45) is 0 Å². The van der Waals surface area contributed by atoms with Crippen LogP contribution in [0, 0.1) is 0 Å². The lowest BCUT2D eigenvalue weighted by Gasteiger charge is -2.40. The maximum atomic E-state index is 12.4. The number of likely N-dealkylation sites (tertiary alicyclic amines) is 1. The summed E-state index contributed by atoms with van der Waals surface area (Å²) in [5.74, 6) is -0.331. The third kappa shape index (κ3) is 5.61. The largest absolute Gasteiger partial charge is 0.397 e. The summed E-state index contributed by atoms with van der Waals surface area (Å²) in [6.45, 7) is 2.14. The number of carbonyl (C=O) groups is 1. The molecule has 1 saturated carbocycles. The average Bonchev–Trinajstić information content (AvgIpc) is 2.81. The molecule has 1 aromatic carbocycles. The number of nitrogens with two attached hydrogens (primary N) is 1. The molecule has 31 heavy (non-hydrogen) atoms. The van der Waals surface area contributed by atoms with Gasteiger partial charge in [0.15, 0.2) is 0 Å². The highest BCUT2D eigenvalue weighted by Gasteiger charge is 2.28. The Morgan fingerprint density at radius 1 is 1.10 bits per heavy atom. The minimum absolute atomic E-state index is 0.259. The number of nitrogen functional groups attached to an aromatic ring is 1. The smallest absolute Gasteiger partial charge is 0.274 e. The highest BCUT2D eigenvalue weighted by atomic mass is 16.3. The van der Waals surface area contributed by atoms with Crippen molar-refractivity contribution in [3.8, 4) is 0 Å². The molecule has 1 amide bonds. The number of carbonyl (C=O) groups excluding carboxylic acids is 1. The molecule has 2 fully saturated rings. The van der Waals surface area contributed by atoms with E-state index >= 15 is 0 Å². The molecule has 5 N–H and O–H groups in total. The Bertz CT molecular complexity index is 867. The highest BCUT2D eigenvalue weighted by molar-refractivity contribution is 6.04. The minimum atomic E-state index is -0.800. The van der Waals surface area contributed by atoms with Crippen LogP contribution in [0.2, 0.25) is 0 Å². The van der Waals surface area contributed by atoms with Crippen LogP contribution in [0.15, 0.2) is 42.6 Å². The number of aliphatic hydroxyl groups excluding tert-OH is 1. The van der Waals surface area contributed by atoms with Gasteiger partial charge in [-0.2, -0.15) is 0 Å². The number of hydrogen-bond acceptors (Lipinski definition) is 6. The molecule has 1 aliphatic heterocycles. The van der Waals surface area contributed by atoms with Gasteiger partial charge in [-0.25, -0.2) is 0 Å². The number of pyridine rings is 1. The van der Waals surface area contributed by atoms with Crippen molar-refractivity contribution in [3.05, 3.63) is 53.9 Å². The second-order valence-corrected chi connectivity index (χ2v) is 8.71. The molecule has 7 heteroatoms. The van der Waals surface area contributed by atoms with Crippen LogP contribution in [-0.4, -0.2) is 46.1 Å². The summed E-state index contributed by atoms with van der Waals surface area (Å²) in [4.78, 5) is 19.3. The molecule has 166 valence electrons. The van der Waals surface area contributed by atoms with E-state index in [1.165, 1.54) is 32.1 Å². The summed E-state index contributed by atoms with van der Waals surface area (Å²) >= 11 is 0. The Hall–Kier alpha value is -2.48. The van der Waals surface area contributed by atoms with E-state index in [0.29, 0.717) is 23.0 Å². The molecule has 7 nitrogen and oxygen atoms in total. The first-order valence-corrected chi connectivity index (χ1v) is 11.4. The normalized spacial score (nSPS) is 21.5. The Morgan fingerprint density at radius 2 is 1.90 bits per heavy atom. The van der Waals surface area contributed by atoms with E-state index in [9.17, 15) is 9.90 Å². The van der Waals surface area contributed by atoms with Crippen molar-refractivity contribution < 1.29 is 9.90 Å². The zero-order valence-electron chi connectivity index (χ0n) is 18.0. The van der Waals surface area contributed by atoms with Crippen molar-refractivity contribution in [3.63, 3.8) is 0 Å². The second-order valence-electron chi connectivity index (χ2n) is 8.71. The first-order chi connectivity index (χ1) is 15.1. The summed E-state index contributed by atoms with van der Waals surface area (Å²) in [7, 11) is 0. The van der Waals surface area contributed by atoms with Crippen molar-refractivity contribution in [2.45, 2.75) is 63.3 Å². The van der Waals surface area contributed by atoms with E-state index in [2.05, 4.69) is 20.5 Å². The molecular weight excluding hydrogens is 390 g/mol. The van der Waals surface area contributed by atoms with Gasteiger partial charge in [-0.1, -0.05) is 37.5 Å². The summed E-state index contributed by atoms with van der Waals surface area (Å²) in [6, 6.07) is 11.4. The molecule has 2 aliphatic rings. The predicted molar refractivity (Wildman–Crippen MR) is 123 cm³/mol. The highest BCUT2D eigenvalue weighted by Crippen LogP contribution is 2.26. The van der Waals surface area contributed by atoms with Crippen molar-refractivity contribution in [1.29, 1.82) is 0 Å². The number of piperidine rings is 1. The molecule has 1 aliphatic carbocycles. The minimum Gasteiger partial charge on any atom is -0.397 e. The van der Waals surface area contributed by atoms with Crippen LogP contribution in [-0.2, 0) is 0 Å². The number of aromatic nitrogens is 1. The topological polar surface area (TPSA) is 104 Å². The number of rotatable bonds is 6. The van der Waals surface area contributed by atoms with Gasteiger partial charge in [0.2, 0.25) is 0 Å². The third-order valence-corrected chi connectivity index (χ3v) is 6.48. The van der Waals surface area contributed by atoms with Gasteiger partial charge in [-0.3, -0.25) is 20.0 Å². The van der Waals surface area contributed by atoms with Crippen LogP contribution in [0.5, 0.6) is 0 Å². The Kier molecular flexibility index (Phi) is 7.17. The average molecular weight is 424 g/mol. The number of nitrogens with zero attached hydrogens (tertiary/aromatic N) is 2. The Morgan fingerprint density at radius 3 is 2.65 bits per heavy atom. The van der Waals surface area contributed by atoms with Crippen LogP contribution >= 0.6 is 0 Å². The maximum Gasteiger partial charge on any atom is 0.274 e. The van der Waals surface area contributed by atoms with Crippen LogP contribution in [0.4, 0.5) is 11.4 Å². The van der Waals surface area contributed by atoms with Gasteiger partial charge in [-0.15, -0.1) is 0 Å². The van der Waals surface area contributed by atoms with Crippen molar-refractivity contribution >= 4 is 17.3 Å². The van der Waals surface area contributed by atoms with Gasteiger partial charge in [0.05, 0.1) is 11.4 Å². The molecular formula is C24H33N5O2. The van der Waals surface area contributed by atoms with E-state index in [1.807, 2.05) is 12.1 Å². The van der Waals surface area contributed by atoms with Gasteiger partial charge in [0.1, 0.15) is 11.9 Å². The predicted octanol–water partition coefficient (Wildman–Crippen LogP) is 3.29. The van der Waals surface area contributed by atoms with Crippen LogP contribution in [0.25, 0.3) is 0 Å². The zero-order chi connectivity index (χ0) is 21.6. The van der Waals surface area contributed by atoms with Gasteiger partial charge < -0.3 is 16.2 Å². The SMILES string of the molecule is Nc1ccccc1NC(=O)c1ccc(C(O)NC2CCCN(C3CCCCC3)C2)cn1. The number of aliphatic hydroxyl groups is 1. The fraction of sp³-hybridized carbons (Fsp3) is 0.500. The van der Waals surface area contributed by atoms with E-state index < -0.39 is 6.23 Å². The number of benzene rings is 1. The second kappa shape index (κ2) is 10.2. The molecule has 4 rings (SSSR count). The Balaban J connectivity index is 1.32. The molecule has 2 aromatic rings. The maximum absolute atomic E-state index is 12.4. The summed E-state index contributed by atoms with van der Waals surface area (Å²) in [6.07, 6.45) is 9.62. The van der Waals surface area contributed by atoms with E-state index in [1.54, 1.807) is 30.5 Å². The molecule has 0 radical (unpaired) electrons. The molecule has 1 aromatic heterocycles.